The summed E-state index contributed by atoms with van der Waals surface area (Å²) in [5.41, 5.74) is 8.45. The van der Waals surface area contributed by atoms with Crippen LogP contribution in [-0.4, -0.2) is 29.7 Å². The minimum Gasteiger partial charge on any atom is -0.386 e. The average Bonchev–Trinajstić information content (AvgIpc) is 2.80. The fraction of sp³-hybridized carbons (Fsp3) is 0.526. The van der Waals surface area contributed by atoms with Crippen LogP contribution in [-0.2, 0) is 0 Å². The third kappa shape index (κ3) is 1.86. The Hall–Kier alpha value is -1.48. The summed E-state index contributed by atoms with van der Waals surface area (Å²) in [6, 6.07) is 0.376. The number of allylic oxidation sites excluding steroid dienone is 3. The van der Waals surface area contributed by atoms with Gasteiger partial charge in [-0.2, -0.15) is 0 Å². The molecule has 2 atom stereocenters. The highest BCUT2D eigenvalue weighted by molar-refractivity contribution is 6.30. The van der Waals surface area contributed by atoms with Crippen LogP contribution in [0.25, 0.3) is 0 Å². The Morgan fingerprint density at radius 1 is 1.35 bits per heavy atom. The van der Waals surface area contributed by atoms with Gasteiger partial charge in [-0.15, -0.1) is 0 Å². The first kappa shape index (κ1) is 13.9. The summed E-state index contributed by atoms with van der Waals surface area (Å²) in [5.74, 6) is 0.524. The first-order valence-corrected chi connectivity index (χ1v) is 9.18. The minimum atomic E-state index is 0.376. The number of nitrogens with one attached hydrogen (secondary N) is 1. The fourth-order valence-corrected chi connectivity index (χ4v) is 5.27. The molecule has 0 aromatic carbocycles. The zero-order chi connectivity index (χ0) is 15.6. The van der Waals surface area contributed by atoms with E-state index >= 15 is 0 Å². The van der Waals surface area contributed by atoms with E-state index in [1.54, 1.807) is 5.57 Å². The number of dihydropyridines is 1. The van der Waals surface area contributed by atoms with Crippen molar-refractivity contribution in [3.8, 4) is 0 Å². The highest BCUT2D eigenvalue weighted by Crippen LogP contribution is 2.52. The number of halogens is 1. The second-order valence-electron chi connectivity index (χ2n) is 7.22. The molecule has 0 amide bonds. The SMILES string of the molecule is CC1=CCCC2C1=NCC1=C3C(CCC1)C1=CNCC(Cl)=C1N32. The topological polar surface area (TPSA) is 27.6 Å². The third-order valence-electron chi connectivity index (χ3n) is 5.95. The third-order valence-corrected chi connectivity index (χ3v) is 6.26. The molecule has 5 aliphatic rings. The number of nitrogens with zero attached hydrogens (tertiary/aromatic N) is 2. The van der Waals surface area contributed by atoms with E-state index < -0.39 is 0 Å². The maximum Gasteiger partial charge on any atom is 0.0761 e. The Labute approximate surface area is 142 Å². The van der Waals surface area contributed by atoms with Gasteiger partial charge in [-0.05, 0) is 50.2 Å². The first-order valence-electron chi connectivity index (χ1n) is 8.81. The van der Waals surface area contributed by atoms with Gasteiger partial charge in [0.15, 0.2) is 0 Å². The predicted molar refractivity (Wildman–Crippen MR) is 94.3 cm³/mol. The number of aliphatic imine (C=N–C) groups is 1. The van der Waals surface area contributed by atoms with Gasteiger partial charge in [0.05, 0.1) is 35.6 Å². The highest BCUT2D eigenvalue weighted by Gasteiger charge is 2.47. The van der Waals surface area contributed by atoms with Crippen LogP contribution in [0.4, 0.5) is 0 Å². The Morgan fingerprint density at radius 3 is 3.17 bits per heavy atom. The smallest absolute Gasteiger partial charge is 0.0761 e. The Bertz CT molecular complexity index is 738. The molecule has 23 heavy (non-hydrogen) atoms. The summed E-state index contributed by atoms with van der Waals surface area (Å²) in [6.45, 7) is 3.85. The van der Waals surface area contributed by atoms with Gasteiger partial charge < -0.3 is 10.2 Å². The molecule has 0 aromatic heterocycles. The molecule has 2 unspecified atom stereocenters. The van der Waals surface area contributed by atoms with Gasteiger partial charge >= 0.3 is 0 Å². The number of hydrogen-bond acceptors (Lipinski definition) is 3. The molecule has 0 spiro atoms. The summed E-state index contributed by atoms with van der Waals surface area (Å²) < 4.78 is 0. The summed E-state index contributed by atoms with van der Waals surface area (Å²) in [6.07, 6.45) is 10.6. The lowest BCUT2D eigenvalue weighted by atomic mass is 9.84. The fourth-order valence-electron chi connectivity index (χ4n) is 4.99. The van der Waals surface area contributed by atoms with Crippen LogP contribution in [0.5, 0.6) is 0 Å². The van der Waals surface area contributed by atoms with Gasteiger partial charge in [-0.25, -0.2) is 0 Å². The average molecular weight is 328 g/mol. The van der Waals surface area contributed by atoms with Crippen LogP contribution in [0.3, 0.4) is 0 Å². The van der Waals surface area contributed by atoms with Crippen LogP contribution in [0.2, 0.25) is 0 Å². The van der Waals surface area contributed by atoms with E-state index in [1.165, 1.54) is 47.5 Å². The van der Waals surface area contributed by atoms with Gasteiger partial charge in [-0.3, -0.25) is 4.99 Å². The van der Waals surface area contributed by atoms with E-state index in [0.29, 0.717) is 12.0 Å². The molecular weight excluding hydrogens is 306 g/mol. The molecule has 1 saturated heterocycles. The van der Waals surface area contributed by atoms with Crippen LogP contribution < -0.4 is 5.32 Å². The Kier molecular flexibility index (Phi) is 3.03. The molecule has 1 N–H and O–H groups in total. The number of fused-ring (bicyclic) bond motifs is 5. The van der Waals surface area contributed by atoms with Crippen LogP contribution >= 0.6 is 11.6 Å². The highest BCUT2D eigenvalue weighted by atomic mass is 35.5. The monoisotopic (exact) mass is 327 g/mol. The summed E-state index contributed by atoms with van der Waals surface area (Å²) in [4.78, 5) is 7.63. The summed E-state index contributed by atoms with van der Waals surface area (Å²) >= 11 is 6.71. The molecular formula is C19H22ClN3. The molecule has 0 radical (unpaired) electrons. The standard InChI is InChI=1S/C19H22ClN3/c1-11-4-2-7-16-17(11)22-8-12-5-3-6-13-14-9-21-10-15(20)19(14)23(16)18(12)13/h4,9,13,16,21H,2-3,5-8,10H2,1H3. The molecule has 1 fully saturated rings. The predicted octanol–water partition coefficient (Wildman–Crippen LogP) is 3.86. The zero-order valence-electron chi connectivity index (χ0n) is 13.5. The molecule has 0 saturated carbocycles. The van der Waals surface area contributed by atoms with Crippen molar-refractivity contribution in [1.29, 1.82) is 0 Å². The molecule has 3 heterocycles. The van der Waals surface area contributed by atoms with E-state index in [0.717, 1.165) is 31.0 Å². The lowest BCUT2D eigenvalue weighted by Crippen LogP contribution is -2.40. The molecule has 0 bridgehead atoms. The van der Waals surface area contributed by atoms with Crippen LogP contribution in [0.15, 0.2) is 50.4 Å². The summed E-state index contributed by atoms with van der Waals surface area (Å²) in [7, 11) is 0. The second kappa shape index (κ2) is 5.01. The summed E-state index contributed by atoms with van der Waals surface area (Å²) in [5, 5.41) is 4.34. The number of rotatable bonds is 0. The maximum absolute atomic E-state index is 6.71. The van der Waals surface area contributed by atoms with Crippen molar-refractivity contribution in [2.45, 2.75) is 45.1 Å². The molecule has 120 valence electrons. The van der Waals surface area contributed by atoms with Crippen molar-refractivity contribution in [3.05, 3.63) is 45.4 Å². The van der Waals surface area contributed by atoms with Gasteiger partial charge in [0, 0.05) is 23.4 Å². The molecule has 0 aromatic rings. The Balaban J connectivity index is 1.74. The molecule has 4 heteroatoms. The molecule has 3 aliphatic heterocycles. The van der Waals surface area contributed by atoms with Crippen LogP contribution in [0.1, 0.15) is 39.0 Å². The maximum atomic E-state index is 6.71. The van der Waals surface area contributed by atoms with Crippen molar-refractivity contribution in [1.82, 2.24) is 10.2 Å². The van der Waals surface area contributed by atoms with Crippen molar-refractivity contribution in [3.63, 3.8) is 0 Å². The quantitative estimate of drug-likeness (QED) is 0.731. The molecule has 2 aliphatic carbocycles. The zero-order valence-corrected chi connectivity index (χ0v) is 14.3. The normalized spacial score (nSPS) is 32.3. The molecule has 5 rings (SSSR count). The van der Waals surface area contributed by atoms with Gasteiger partial charge in [0.25, 0.3) is 0 Å². The number of hydrogen-bond donors (Lipinski definition) is 1. The van der Waals surface area contributed by atoms with Crippen LogP contribution in [0, 0.1) is 5.92 Å². The minimum absolute atomic E-state index is 0.376. The molecule has 3 nitrogen and oxygen atoms in total. The van der Waals surface area contributed by atoms with Crippen molar-refractivity contribution in [2.24, 2.45) is 10.9 Å². The van der Waals surface area contributed by atoms with E-state index in [-0.39, 0.29) is 0 Å². The van der Waals surface area contributed by atoms with E-state index in [2.05, 4.69) is 29.4 Å². The van der Waals surface area contributed by atoms with Crippen molar-refractivity contribution < 1.29 is 0 Å². The van der Waals surface area contributed by atoms with E-state index in [1.807, 2.05) is 0 Å². The van der Waals surface area contributed by atoms with Crippen molar-refractivity contribution in [2.75, 3.05) is 13.1 Å². The van der Waals surface area contributed by atoms with Gasteiger partial charge in [-0.1, -0.05) is 17.7 Å². The lowest BCUT2D eigenvalue weighted by Gasteiger charge is -2.36. The van der Waals surface area contributed by atoms with E-state index in [4.69, 9.17) is 16.6 Å². The largest absolute Gasteiger partial charge is 0.386 e. The van der Waals surface area contributed by atoms with Gasteiger partial charge in [0.1, 0.15) is 0 Å². The Morgan fingerprint density at radius 2 is 2.26 bits per heavy atom. The van der Waals surface area contributed by atoms with Crippen molar-refractivity contribution >= 4 is 17.3 Å². The second-order valence-corrected chi connectivity index (χ2v) is 7.68. The van der Waals surface area contributed by atoms with E-state index in [9.17, 15) is 0 Å². The van der Waals surface area contributed by atoms with Gasteiger partial charge in [0.2, 0.25) is 0 Å². The lowest BCUT2D eigenvalue weighted by molar-refractivity contribution is 0.359. The first-order chi connectivity index (χ1) is 11.3.